The van der Waals surface area contributed by atoms with Crippen molar-refractivity contribution in [3.63, 3.8) is 0 Å². The van der Waals surface area contributed by atoms with Crippen LogP contribution in [0.3, 0.4) is 0 Å². The zero-order chi connectivity index (χ0) is 27.5. The first-order chi connectivity index (χ1) is 18.9. The fraction of sp³-hybridized carbons (Fsp3) is 0.115. The fourth-order valence-corrected chi connectivity index (χ4v) is 4.11. The quantitative estimate of drug-likeness (QED) is 0.128. The van der Waals surface area contributed by atoms with Gasteiger partial charge in [-0.3, -0.25) is 9.99 Å². The van der Waals surface area contributed by atoms with Crippen LogP contribution in [0, 0.1) is 11.3 Å². The first kappa shape index (κ1) is 25.1. The number of nitrogen functional groups attached to an aromatic ring is 1. The number of fused-ring (bicyclic) bond motifs is 1. The first-order valence-corrected chi connectivity index (χ1v) is 11.8. The van der Waals surface area contributed by atoms with E-state index in [1.165, 1.54) is 9.52 Å². The second-order valence-electron chi connectivity index (χ2n) is 8.74. The highest BCUT2D eigenvalue weighted by molar-refractivity contribution is 5.96. The van der Waals surface area contributed by atoms with E-state index in [2.05, 4.69) is 31.2 Å². The molecule has 0 saturated heterocycles. The van der Waals surface area contributed by atoms with Gasteiger partial charge in [0.1, 0.15) is 11.5 Å². The Bertz CT molecular complexity index is 1720. The van der Waals surface area contributed by atoms with Crippen molar-refractivity contribution < 1.29 is 0 Å². The lowest BCUT2D eigenvalue weighted by Gasteiger charge is -2.17. The number of anilines is 2. The zero-order valence-corrected chi connectivity index (χ0v) is 21.3. The highest BCUT2D eigenvalue weighted by atomic mass is 15.5. The molecule has 0 atom stereocenters. The van der Waals surface area contributed by atoms with Crippen LogP contribution < -0.4 is 22.3 Å². The minimum atomic E-state index is 0.0612. The predicted molar refractivity (Wildman–Crippen MR) is 148 cm³/mol. The third-order valence-electron chi connectivity index (χ3n) is 5.91. The molecule has 0 amide bonds. The molecule has 5 aromatic rings. The van der Waals surface area contributed by atoms with Crippen LogP contribution in [0.5, 0.6) is 0 Å². The van der Waals surface area contributed by atoms with Gasteiger partial charge in [-0.15, -0.1) is 5.10 Å². The lowest BCUT2D eigenvalue weighted by Crippen LogP contribution is -2.39. The number of nitriles is 1. The lowest BCUT2D eigenvalue weighted by atomic mass is 9.99. The monoisotopic (exact) mass is 519 g/mol. The average molecular weight is 520 g/mol. The minimum absolute atomic E-state index is 0.0612. The summed E-state index contributed by atoms with van der Waals surface area (Å²) in [7, 11) is 3.81. The molecule has 0 aliphatic heterocycles. The van der Waals surface area contributed by atoms with Crippen LogP contribution >= 0.6 is 0 Å². The van der Waals surface area contributed by atoms with Crippen molar-refractivity contribution in [3.8, 4) is 28.5 Å². The summed E-state index contributed by atoms with van der Waals surface area (Å²) in [5.74, 6) is 13.4. The van der Waals surface area contributed by atoms with Crippen LogP contribution in [-0.2, 0) is 6.54 Å². The van der Waals surface area contributed by atoms with Gasteiger partial charge in [-0.2, -0.15) is 14.9 Å². The Morgan fingerprint density at radius 3 is 2.59 bits per heavy atom. The molecule has 194 valence electrons. The van der Waals surface area contributed by atoms with Gasteiger partial charge in [-0.1, -0.05) is 18.2 Å². The Morgan fingerprint density at radius 1 is 1.03 bits per heavy atom. The maximum atomic E-state index is 9.48. The molecule has 4 aromatic heterocycles. The van der Waals surface area contributed by atoms with E-state index >= 15 is 0 Å². The number of hydrogen-bond acceptors (Lipinski definition) is 11. The molecule has 13 heteroatoms. The molecule has 6 N–H and O–H groups in total. The summed E-state index contributed by atoms with van der Waals surface area (Å²) in [6.07, 6.45) is 3.33. The van der Waals surface area contributed by atoms with E-state index < -0.39 is 0 Å². The van der Waals surface area contributed by atoms with Crippen LogP contribution in [-0.4, -0.2) is 54.5 Å². The fourth-order valence-electron chi connectivity index (χ4n) is 4.11. The van der Waals surface area contributed by atoms with E-state index in [4.69, 9.17) is 22.4 Å². The Kier molecular flexibility index (Phi) is 6.68. The molecule has 13 nitrogen and oxygen atoms in total. The number of hydrazine groups is 1. The van der Waals surface area contributed by atoms with Crippen LogP contribution in [0.15, 0.2) is 72.1 Å². The summed E-state index contributed by atoms with van der Waals surface area (Å²) in [6.45, 7) is 0.0612. The molecule has 0 aliphatic carbocycles. The molecule has 0 radical (unpaired) electrons. The molecule has 1 aromatic carbocycles. The molecule has 0 bridgehead atoms. The third-order valence-corrected chi connectivity index (χ3v) is 5.91. The maximum absolute atomic E-state index is 9.48. The van der Waals surface area contributed by atoms with E-state index in [1.54, 1.807) is 42.7 Å². The predicted octanol–water partition coefficient (Wildman–Crippen LogP) is 1.76. The topological polar surface area (TPSA) is 190 Å². The Balaban J connectivity index is 1.68. The number of nitrogens with zero attached hydrogens (tertiary/aromatic N) is 10. The molecule has 4 heterocycles. The molecule has 0 saturated carbocycles. The number of pyridine rings is 2. The maximum Gasteiger partial charge on any atom is 0.223 e. The number of rotatable bonds is 6. The van der Waals surface area contributed by atoms with Crippen molar-refractivity contribution in [2.45, 2.75) is 6.54 Å². The summed E-state index contributed by atoms with van der Waals surface area (Å²) in [5, 5.41) is 19.2. The van der Waals surface area contributed by atoms with E-state index in [9.17, 15) is 5.26 Å². The Morgan fingerprint density at radius 2 is 1.87 bits per heavy atom. The number of aromatic nitrogens is 6. The van der Waals surface area contributed by atoms with Crippen molar-refractivity contribution in [1.82, 2.24) is 34.6 Å². The molecule has 5 rings (SSSR count). The molecule has 0 aliphatic rings. The van der Waals surface area contributed by atoms with Gasteiger partial charge in [-0.05, 0) is 42.0 Å². The van der Waals surface area contributed by atoms with Crippen LogP contribution in [0.2, 0.25) is 0 Å². The molecule has 0 unspecified atom stereocenters. The van der Waals surface area contributed by atoms with Gasteiger partial charge in [0.2, 0.25) is 5.95 Å². The van der Waals surface area contributed by atoms with E-state index in [0.29, 0.717) is 39.5 Å². The number of benzene rings is 1. The Hall–Kier alpha value is -5.61. The smallest absolute Gasteiger partial charge is 0.223 e. The van der Waals surface area contributed by atoms with Gasteiger partial charge in [0.25, 0.3) is 0 Å². The van der Waals surface area contributed by atoms with Crippen molar-refractivity contribution in [3.05, 3.63) is 84.1 Å². The number of amidine groups is 1. The number of hydrogen-bond donors (Lipinski definition) is 3. The number of hydrazone groups is 1. The van der Waals surface area contributed by atoms with Crippen LogP contribution in [0.1, 0.15) is 17.1 Å². The summed E-state index contributed by atoms with van der Waals surface area (Å²) < 4.78 is 1.46. The molecular formula is C26H25N13. The highest BCUT2D eigenvalue weighted by Gasteiger charge is 2.22. The second kappa shape index (κ2) is 10.4. The summed E-state index contributed by atoms with van der Waals surface area (Å²) in [6, 6.07) is 18.4. The zero-order valence-electron chi connectivity index (χ0n) is 21.3. The standard InChI is InChI=1S/C26H25N13/c1-37(2)21-13-17(9-11-32-21)22-23(18-7-5-6-16(12-18)14-27)34-26(28)39-25(22)33-20(36-39)15-38(30)24(35-29)19-8-3-4-10-31-19/h3-13H,15,29-30H2,1-2H3,(H2,28,34)/b35-24-. The van der Waals surface area contributed by atoms with Crippen molar-refractivity contribution in [2.75, 3.05) is 24.7 Å². The second-order valence-corrected chi connectivity index (χ2v) is 8.74. The van der Waals surface area contributed by atoms with Gasteiger partial charge in [0.05, 0.1) is 29.4 Å². The number of nitrogens with two attached hydrogens (primary N) is 3. The van der Waals surface area contributed by atoms with Gasteiger partial charge in [0.15, 0.2) is 17.3 Å². The van der Waals surface area contributed by atoms with Gasteiger partial charge in [-0.25, -0.2) is 20.8 Å². The van der Waals surface area contributed by atoms with Crippen molar-refractivity contribution >= 4 is 23.2 Å². The van der Waals surface area contributed by atoms with Crippen molar-refractivity contribution in [1.29, 1.82) is 5.26 Å². The average Bonchev–Trinajstić information content (AvgIpc) is 3.38. The van der Waals surface area contributed by atoms with E-state index in [0.717, 1.165) is 11.4 Å². The summed E-state index contributed by atoms with van der Waals surface area (Å²) in [4.78, 5) is 20.1. The first-order valence-electron chi connectivity index (χ1n) is 11.8. The molecule has 0 spiro atoms. The third kappa shape index (κ3) is 4.87. The highest BCUT2D eigenvalue weighted by Crippen LogP contribution is 2.36. The van der Waals surface area contributed by atoms with Gasteiger partial charge in [0, 0.05) is 32.1 Å². The van der Waals surface area contributed by atoms with Crippen LogP contribution in [0.4, 0.5) is 11.8 Å². The molecule has 0 fully saturated rings. The minimum Gasteiger partial charge on any atom is -0.368 e. The van der Waals surface area contributed by atoms with E-state index in [1.807, 2.05) is 43.3 Å². The molecule has 39 heavy (non-hydrogen) atoms. The summed E-state index contributed by atoms with van der Waals surface area (Å²) in [5.41, 5.74) is 10.6. The Labute approximate surface area is 223 Å². The molecular weight excluding hydrogens is 494 g/mol. The van der Waals surface area contributed by atoms with Gasteiger partial charge >= 0.3 is 0 Å². The van der Waals surface area contributed by atoms with E-state index in [-0.39, 0.29) is 18.3 Å². The summed E-state index contributed by atoms with van der Waals surface area (Å²) >= 11 is 0. The normalized spacial score (nSPS) is 11.4. The lowest BCUT2D eigenvalue weighted by molar-refractivity contribution is 0.419. The SMILES string of the molecule is CN(C)c1cc(-c2c(-c3cccc(C#N)c3)nc(N)n3nc(CN(N)/C(=N\N)c4ccccn4)nc23)ccn1. The van der Waals surface area contributed by atoms with Gasteiger partial charge < -0.3 is 16.5 Å². The van der Waals surface area contributed by atoms with Crippen molar-refractivity contribution in [2.24, 2.45) is 16.8 Å². The van der Waals surface area contributed by atoms with Crippen LogP contribution in [0.25, 0.3) is 28.0 Å². The largest absolute Gasteiger partial charge is 0.368 e.